The highest BCUT2D eigenvalue weighted by atomic mass is 16.5. The molecule has 1 amide bonds. The molecule has 2 aromatic carbocycles. The number of aromatic nitrogens is 2. The first-order valence-corrected chi connectivity index (χ1v) is 12.1. The van der Waals surface area contributed by atoms with Crippen molar-refractivity contribution in [2.24, 2.45) is 5.92 Å². The molecule has 35 heavy (non-hydrogen) atoms. The Morgan fingerprint density at radius 1 is 1.00 bits per heavy atom. The number of fused-ring (bicyclic) bond motifs is 1. The molecule has 1 aromatic heterocycles. The number of carbonyl (C=O) groups is 1. The minimum absolute atomic E-state index is 0.0151. The number of hydrogen-bond donors (Lipinski definition) is 2. The number of hydrogen-bond acceptors (Lipinski definition) is 7. The number of carbonyl (C=O) groups excluding carboxylic acids is 1. The molecule has 0 radical (unpaired) electrons. The van der Waals surface area contributed by atoms with Gasteiger partial charge in [0.25, 0.3) is 0 Å². The van der Waals surface area contributed by atoms with Gasteiger partial charge in [0.15, 0.2) is 0 Å². The second-order valence-electron chi connectivity index (χ2n) is 9.35. The SMILES string of the molecule is COc1cc(CC(=O)NCC2CCC(Nc3nc(N(C)C)c4ccccc4n3)CC2)cc(OC)c1. The van der Waals surface area contributed by atoms with Gasteiger partial charge in [0, 0.05) is 38.1 Å². The molecule has 3 aromatic rings. The van der Waals surface area contributed by atoms with Crippen LogP contribution in [-0.4, -0.2) is 56.8 Å². The van der Waals surface area contributed by atoms with Crippen molar-refractivity contribution in [3.63, 3.8) is 0 Å². The van der Waals surface area contributed by atoms with Gasteiger partial charge in [0.2, 0.25) is 11.9 Å². The minimum Gasteiger partial charge on any atom is -0.497 e. The number of anilines is 2. The smallest absolute Gasteiger partial charge is 0.225 e. The summed E-state index contributed by atoms with van der Waals surface area (Å²) in [7, 11) is 7.22. The predicted molar refractivity (Wildman–Crippen MR) is 139 cm³/mol. The molecule has 8 heteroatoms. The summed E-state index contributed by atoms with van der Waals surface area (Å²) in [6.45, 7) is 0.698. The van der Waals surface area contributed by atoms with Crippen molar-refractivity contribution in [3.05, 3.63) is 48.0 Å². The highest BCUT2D eigenvalue weighted by Gasteiger charge is 2.23. The summed E-state index contributed by atoms with van der Waals surface area (Å²) in [6, 6.07) is 14.0. The molecule has 0 saturated heterocycles. The van der Waals surface area contributed by atoms with Crippen molar-refractivity contribution in [1.82, 2.24) is 15.3 Å². The molecule has 0 aliphatic heterocycles. The van der Waals surface area contributed by atoms with E-state index in [1.165, 1.54) is 0 Å². The second-order valence-corrected chi connectivity index (χ2v) is 9.35. The van der Waals surface area contributed by atoms with Crippen molar-refractivity contribution in [3.8, 4) is 11.5 Å². The standard InChI is InChI=1S/C27H35N5O3/c1-32(2)26-23-7-5-6-8-24(23)30-27(31-26)29-20-11-9-18(10-12-20)17-28-25(33)15-19-13-21(34-3)16-22(14-19)35-4/h5-8,13-14,16,18,20H,9-12,15,17H2,1-4H3,(H,28,33)(H,29,30,31). The number of methoxy groups -OCH3 is 2. The third-order valence-electron chi connectivity index (χ3n) is 6.55. The van der Waals surface area contributed by atoms with Crippen LogP contribution in [0.3, 0.4) is 0 Å². The summed E-state index contributed by atoms with van der Waals surface area (Å²) < 4.78 is 10.6. The van der Waals surface area contributed by atoms with Crippen LogP contribution in [0.25, 0.3) is 10.9 Å². The first kappa shape index (κ1) is 24.6. The molecule has 1 aliphatic rings. The van der Waals surface area contributed by atoms with Crippen LogP contribution in [0.1, 0.15) is 31.2 Å². The average Bonchev–Trinajstić information content (AvgIpc) is 2.87. The summed E-state index contributed by atoms with van der Waals surface area (Å²) in [5.41, 5.74) is 1.82. The van der Waals surface area contributed by atoms with E-state index in [0.717, 1.165) is 48.0 Å². The molecule has 1 heterocycles. The maximum absolute atomic E-state index is 12.5. The molecule has 0 atom stereocenters. The Morgan fingerprint density at radius 2 is 1.69 bits per heavy atom. The van der Waals surface area contributed by atoms with Crippen molar-refractivity contribution < 1.29 is 14.3 Å². The summed E-state index contributed by atoms with van der Waals surface area (Å²) in [4.78, 5) is 24.1. The maximum Gasteiger partial charge on any atom is 0.225 e. The molecule has 0 unspecified atom stereocenters. The topological polar surface area (TPSA) is 88.6 Å². The number of ether oxygens (including phenoxy) is 2. The molecule has 1 saturated carbocycles. The molecular formula is C27H35N5O3. The Morgan fingerprint density at radius 3 is 2.34 bits per heavy atom. The van der Waals surface area contributed by atoms with Crippen LogP contribution in [0.2, 0.25) is 0 Å². The van der Waals surface area contributed by atoms with Crippen LogP contribution in [0, 0.1) is 5.92 Å². The molecule has 186 valence electrons. The minimum atomic E-state index is 0.0151. The van der Waals surface area contributed by atoms with Gasteiger partial charge in [-0.05, 0) is 61.4 Å². The van der Waals surface area contributed by atoms with Crippen LogP contribution < -0.4 is 25.0 Å². The fourth-order valence-corrected chi connectivity index (χ4v) is 4.63. The largest absolute Gasteiger partial charge is 0.497 e. The third kappa shape index (κ3) is 6.32. The van der Waals surface area contributed by atoms with Crippen LogP contribution in [-0.2, 0) is 11.2 Å². The fourth-order valence-electron chi connectivity index (χ4n) is 4.63. The Hall–Kier alpha value is -3.55. The van der Waals surface area contributed by atoms with Gasteiger partial charge in [-0.1, -0.05) is 12.1 Å². The lowest BCUT2D eigenvalue weighted by Gasteiger charge is -2.29. The maximum atomic E-state index is 12.5. The number of para-hydroxylation sites is 1. The number of nitrogens with zero attached hydrogens (tertiary/aromatic N) is 3. The molecule has 0 spiro atoms. The van der Waals surface area contributed by atoms with E-state index in [4.69, 9.17) is 19.4 Å². The van der Waals surface area contributed by atoms with Gasteiger partial charge < -0.3 is 25.0 Å². The molecule has 8 nitrogen and oxygen atoms in total. The Labute approximate surface area is 207 Å². The van der Waals surface area contributed by atoms with Crippen molar-refractivity contribution in [1.29, 1.82) is 0 Å². The molecule has 1 fully saturated rings. The average molecular weight is 478 g/mol. The molecule has 4 rings (SSSR count). The van der Waals surface area contributed by atoms with Crippen LogP contribution in [0.5, 0.6) is 11.5 Å². The lowest BCUT2D eigenvalue weighted by atomic mass is 9.86. The first-order chi connectivity index (χ1) is 16.9. The monoisotopic (exact) mass is 477 g/mol. The summed E-state index contributed by atoms with van der Waals surface area (Å²) in [5, 5.41) is 7.71. The van der Waals surface area contributed by atoms with E-state index < -0.39 is 0 Å². The Bertz CT molecular complexity index is 1140. The Kier molecular flexibility index (Phi) is 7.90. The predicted octanol–water partition coefficient (Wildman–Crippen LogP) is 4.04. The lowest BCUT2D eigenvalue weighted by Crippen LogP contribution is -2.34. The lowest BCUT2D eigenvalue weighted by molar-refractivity contribution is -0.120. The molecule has 0 bridgehead atoms. The van der Waals surface area contributed by atoms with Crippen molar-refractivity contribution in [2.75, 3.05) is 45.1 Å². The van der Waals surface area contributed by atoms with Gasteiger partial charge in [-0.2, -0.15) is 4.98 Å². The van der Waals surface area contributed by atoms with Crippen LogP contribution in [0.15, 0.2) is 42.5 Å². The van der Waals surface area contributed by atoms with E-state index in [1.807, 2.05) is 49.3 Å². The van der Waals surface area contributed by atoms with Gasteiger partial charge in [0.1, 0.15) is 17.3 Å². The molecule has 1 aliphatic carbocycles. The molecular weight excluding hydrogens is 442 g/mol. The van der Waals surface area contributed by atoms with E-state index in [1.54, 1.807) is 20.3 Å². The van der Waals surface area contributed by atoms with Crippen molar-refractivity contribution >= 4 is 28.6 Å². The van der Waals surface area contributed by atoms with Crippen LogP contribution in [0.4, 0.5) is 11.8 Å². The van der Waals surface area contributed by atoms with Gasteiger partial charge in [-0.25, -0.2) is 4.98 Å². The normalized spacial score (nSPS) is 17.6. The second kappa shape index (κ2) is 11.3. The number of nitrogens with one attached hydrogen (secondary N) is 2. The molecule has 2 N–H and O–H groups in total. The van der Waals surface area contributed by atoms with E-state index in [9.17, 15) is 4.79 Å². The zero-order valence-corrected chi connectivity index (χ0v) is 21.0. The van der Waals surface area contributed by atoms with E-state index >= 15 is 0 Å². The third-order valence-corrected chi connectivity index (χ3v) is 6.55. The quantitative estimate of drug-likeness (QED) is 0.481. The van der Waals surface area contributed by atoms with Gasteiger partial charge in [-0.3, -0.25) is 4.79 Å². The van der Waals surface area contributed by atoms with Gasteiger partial charge >= 0.3 is 0 Å². The zero-order valence-electron chi connectivity index (χ0n) is 21.0. The number of amides is 1. The summed E-state index contributed by atoms with van der Waals surface area (Å²) in [6.07, 6.45) is 4.47. The number of benzene rings is 2. The fraction of sp³-hybridized carbons (Fsp3) is 0.444. The first-order valence-electron chi connectivity index (χ1n) is 12.1. The van der Waals surface area contributed by atoms with Gasteiger partial charge in [0.05, 0.1) is 26.2 Å². The summed E-state index contributed by atoms with van der Waals surface area (Å²) >= 11 is 0. The summed E-state index contributed by atoms with van der Waals surface area (Å²) in [5.74, 6) is 3.46. The highest BCUT2D eigenvalue weighted by Crippen LogP contribution is 2.28. The van der Waals surface area contributed by atoms with E-state index in [0.29, 0.717) is 42.4 Å². The van der Waals surface area contributed by atoms with E-state index in [2.05, 4.69) is 16.7 Å². The van der Waals surface area contributed by atoms with Gasteiger partial charge in [-0.15, -0.1) is 0 Å². The Balaban J connectivity index is 1.27. The van der Waals surface area contributed by atoms with Crippen LogP contribution >= 0.6 is 0 Å². The zero-order chi connectivity index (χ0) is 24.8. The highest BCUT2D eigenvalue weighted by molar-refractivity contribution is 5.90. The van der Waals surface area contributed by atoms with E-state index in [-0.39, 0.29) is 5.91 Å². The number of rotatable bonds is 9. The van der Waals surface area contributed by atoms with Crippen molar-refractivity contribution in [2.45, 2.75) is 38.1 Å².